The minimum absolute atomic E-state index is 0.0307. The van der Waals surface area contributed by atoms with Gasteiger partial charge in [0.1, 0.15) is 6.61 Å². The summed E-state index contributed by atoms with van der Waals surface area (Å²) in [6.45, 7) is 1.57. The Balaban J connectivity index is 2.01. The highest BCUT2D eigenvalue weighted by molar-refractivity contribution is 5.94. The van der Waals surface area contributed by atoms with Crippen LogP contribution in [-0.4, -0.2) is 25.3 Å². The fourth-order valence-corrected chi connectivity index (χ4v) is 2.52. The molecule has 0 heterocycles. The molecule has 1 aromatic carbocycles. The van der Waals surface area contributed by atoms with Crippen LogP contribution >= 0.6 is 0 Å². The molecule has 1 aliphatic rings. The van der Waals surface area contributed by atoms with Gasteiger partial charge >= 0.3 is 0 Å². The number of carbonyl (C=O) groups is 2. The second-order valence-electron chi connectivity index (χ2n) is 5.16. The van der Waals surface area contributed by atoms with Gasteiger partial charge in [0.25, 0.3) is 0 Å². The highest BCUT2D eigenvalue weighted by atomic mass is 16.5. The van der Waals surface area contributed by atoms with Crippen LogP contribution < -0.4 is 9.47 Å². The van der Waals surface area contributed by atoms with Crippen LogP contribution in [0.4, 0.5) is 0 Å². The van der Waals surface area contributed by atoms with E-state index >= 15 is 0 Å². The topological polar surface area (TPSA) is 52.6 Å². The van der Waals surface area contributed by atoms with E-state index in [1.807, 2.05) is 0 Å². The molecule has 0 radical (unpaired) electrons. The minimum atomic E-state index is -0.0307. The van der Waals surface area contributed by atoms with E-state index in [1.54, 1.807) is 18.2 Å². The van der Waals surface area contributed by atoms with Crippen molar-refractivity contribution in [2.45, 2.75) is 32.6 Å². The average Bonchev–Trinajstić information content (AvgIpc) is 2.98. The average molecular weight is 276 g/mol. The lowest BCUT2D eigenvalue weighted by Gasteiger charge is -2.13. The van der Waals surface area contributed by atoms with Crippen molar-refractivity contribution in [3.05, 3.63) is 23.8 Å². The van der Waals surface area contributed by atoms with Crippen LogP contribution in [0.2, 0.25) is 0 Å². The Labute approximate surface area is 119 Å². The Morgan fingerprint density at radius 2 is 1.90 bits per heavy atom. The Morgan fingerprint density at radius 3 is 2.50 bits per heavy atom. The Morgan fingerprint density at radius 1 is 1.20 bits per heavy atom. The van der Waals surface area contributed by atoms with E-state index < -0.39 is 0 Å². The summed E-state index contributed by atoms with van der Waals surface area (Å²) in [5.41, 5.74) is 0.566. The molecule has 0 bridgehead atoms. The normalized spacial score (nSPS) is 15.1. The van der Waals surface area contributed by atoms with E-state index in [-0.39, 0.29) is 24.1 Å². The molecular weight excluding hydrogens is 256 g/mol. The number of ether oxygens (including phenoxy) is 2. The van der Waals surface area contributed by atoms with E-state index in [4.69, 9.17) is 9.47 Å². The van der Waals surface area contributed by atoms with Crippen molar-refractivity contribution in [3.63, 3.8) is 0 Å². The van der Waals surface area contributed by atoms with Crippen LogP contribution in [0.1, 0.15) is 43.0 Å². The van der Waals surface area contributed by atoms with Gasteiger partial charge in [-0.25, -0.2) is 0 Å². The molecule has 1 aliphatic carbocycles. The highest BCUT2D eigenvalue weighted by Gasteiger charge is 2.23. The molecular formula is C16H20O4. The third kappa shape index (κ3) is 3.38. The Kier molecular flexibility index (Phi) is 4.77. The zero-order valence-corrected chi connectivity index (χ0v) is 12.0. The lowest BCUT2D eigenvalue weighted by atomic mass is 10.0. The number of hydrogen-bond acceptors (Lipinski definition) is 4. The molecule has 4 heteroatoms. The fourth-order valence-electron chi connectivity index (χ4n) is 2.52. The lowest BCUT2D eigenvalue weighted by molar-refractivity contribution is -0.124. The summed E-state index contributed by atoms with van der Waals surface area (Å²) in [6, 6.07) is 5.00. The summed E-state index contributed by atoms with van der Waals surface area (Å²) in [6.07, 6.45) is 4.21. The van der Waals surface area contributed by atoms with E-state index in [0.717, 1.165) is 25.7 Å². The Bertz CT molecular complexity index is 501. The molecule has 108 valence electrons. The molecule has 0 aromatic heterocycles. The molecule has 0 unspecified atom stereocenters. The van der Waals surface area contributed by atoms with E-state index in [2.05, 4.69) is 0 Å². The first-order chi connectivity index (χ1) is 9.61. The van der Waals surface area contributed by atoms with Crippen LogP contribution in [0.25, 0.3) is 0 Å². The van der Waals surface area contributed by atoms with E-state index in [0.29, 0.717) is 17.1 Å². The molecule has 20 heavy (non-hydrogen) atoms. The first-order valence-corrected chi connectivity index (χ1v) is 6.96. The maximum atomic E-state index is 12.0. The van der Waals surface area contributed by atoms with Crippen molar-refractivity contribution in [2.75, 3.05) is 13.7 Å². The van der Waals surface area contributed by atoms with Crippen molar-refractivity contribution in [3.8, 4) is 11.5 Å². The molecule has 0 amide bonds. The predicted octanol–water partition coefficient (Wildman–Crippen LogP) is 3.04. The summed E-state index contributed by atoms with van der Waals surface area (Å²) in [5, 5.41) is 0. The zero-order valence-electron chi connectivity index (χ0n) is 12.0. The van der Waals surface area contributed by atoms with Crippen molar-refractivity contribution in [2.24, 2.45) is 5.92 Å². The van der Waals surface area contributed by atoms with Crippen LogP contribution in [0.3, 0.4) is 0 Å². The van der Waals surface area contributed by atoms with Crippen LogP contribution in [0.5, 0.6) is 11.5 Å². The molecule has 1 aromatic rings. The molecule has 4 nitrogen and oxygen atoms in total. The second kappa shape index (κ2) is 6.55. The largest absolute Gasteiger partial charge is 0.493 e. The highest BCUT2D eigenvalue weighted by Crippen LogP contribution is 2.29. The number of Topliss-reactive ketones (excluding diaryl/α,β-unsaturated/α-hetero) is 2. The molecule has 0 aliphatic heterocycles. The molecule has 1 fully saturated rings. The van der Waals surface area contributed by atoms with Crippen molar-refractivity contribution in [1.82, 2.24) is 0 Å². The van der Waals surface area contributed by atoms with Crippen molar-refractivity contribution < 1.29 is 19.1 Å². The van der Waals surface area contributed by atoms with Gasteiger partial charge in [-0.15, -0.1) is 0 Å². The number of ketones is 2. The maximum Gasteiger partial charge on any atom is 0.173 e. The van der Waals surface area contributed by atoms with Gasteiger partial charge in [-0.05, 0) is 38.0 Å². The Hall–Kier alpha value is -1.84. The molecule has 0 N–H and O–H groups in total. The molecule has 2 rings (SSSR count). The summed E-state index contributed by atoms with van der Waals surface area (Å²) in [5.74, 6) is 1.26. The zero-order chi connectivity index (χ0) is 14.5. The first kappa shape index (κ1) is 14.6. The fraction of sp³-hybridized carbons (Fsp3) is 0.500. The molecule has 0 saturated heterocycles. The minimum Gasteiger partial charge on any atom is -0.493 e. The quantitative estimate of drug-likeness (QED) is 0.749. The van der Waals surface area contributed by atoms with Crippen LogP contribution in [0, 0.1) is 5.92 Å². The molecule has 0 spiro atoms. The first-order valence-electron chi connectivity index (χ1n) is 6.96. The smallest absolute Gasteiger partial charge is 0.173 e. The third-order valence-electron chi connectivity index (χ3n) is 3.75. The summed E-state index contributed by atoms with van der Waals surface area (Å²) < 4.78 is 10.8. The van der Waals surface area contributed by atoms with E-state index in [9.17, 15) is 9.59 Å². The van der Waals surface area contributed by atoms with Crippen molar-refractivity contribution in [1.29, 1.82) is 0 Å². The summed E-state index contributed by atoms with van der Waals surface area (Å²) >= 11 is 0. The van der Waals surface area contributed by atoms with Crippen molar-refractivity contribution >= 4 is 11.6 Å². The molecule has 1 saturated carbocycles. The standard InChI is InChI=1S/C16H20O4/c1-11(17)13-7-8-15(16(9-13)19-2)20-10-14(18)12-5-3-4-6-12/h7-9,12H,3-6,10H2,1-2H3. The van der Waals surface area contributed by atoms with Crippen LogP contribution in [0.15, 0.2) is 18.2 Å². The number of rotatable bonds is 6. The van der Waals surface area contributed by atoms with Gasteiger partial charge in [-0.2, -0.15) is 0 Å². The summed E-state index contributed by atoms with van der Waals surface area (Å²) in [4.78, 5) is 23.3. The van der Waals surface area contributed by atoms with E-state index in [1.165, 1.54) is 14.0 Å². The maximum absolute atomic E-state index is 12.0. The number of carbonyl (C=O) groups excluding carboxylic acids is 2. The third-order valence-corrected chi connectivity index (χ3v) is 3.75. The summed E-state index contributed by atoms with van der Waals surface area (Å²) in [7, 11) is 1.52. The lowest BCUT2D eigenvalue weighted by Crippen LogP contribution is -2.19. The van der Waals surface area contributed by atoms with Gasteiger partial charge in [0.15, 0.2) is 23.1 Å². The second-order valence-corrected chi connectivity index (χ2v) is 5.16. The van der Waals surface area contributed by atoms with Gasteiger partial charge in [0.05, 0.1) is 7.11 Å². The van der Waals surface area contributed by atoms with Gasteiger partial charge in [-0.3, -0.25) is 9.59 Å². The number of methoxy groups -OCH3 is 1. The monoisotopic (exact) mass is 276 g/mol. The molecule has 0 atom stereocenters. The number of hydrogen-bond donors (Lipinski definition) is 0. The van der Waals surface area contributed by atoms with Gasteiger partial charge < -0.3 is 9.47 Å². The predicted molar refractivity (Wildman–Crippen MR) is 75.5 cm³/mol. The van der Waals surface area contributed by atoms with Crippen LogP contribution in [-0.2, 0) is 4.79 Å². The SMILES string of the molecule is COc1cc(C(C)=O)ccc1OCC(=O)C1CCCC1. The van der Waals surface area contributed by atoms with Gasteiger partial charge in [0, 0.05) is 11.5 Å². The van der Waals surface area contributed by atoms with Gasteiger partial charge in [0.2, 0.25) is 0 Å². The van der Waals surface area contributed by atoms with Gasteiger partial charge in [-0.1, -0.05) is 12.8 Å². The number of benzene rings is 1.